The zero-order chi connectivity index (χ0) is 26.3. The number of aryl methyl sites for hydroxylation is 3. The molecule has 5 rings (SSSR count). The highest BCUT2D eigenvalue weighted by atomic mass is 16.6. The van der Waals surface area contributed by atoms with Crippen molar-refractivity contribution < 1.29 is 19.6 Å². The number of aliphatic hydroxyl groups excluding tert-OH is 1. The van der Waals surface area contributed by atoms with Gasteiger partial charge in [0.05, 0.1) is 28.6 Å². The highest BCUT2D eigenvalue weighted by molar-refractivity contribution is 6.46. The molecule has 1 aliphatic heterocycles. The average molecular weight is 501 g/mol. The molecule has 0 aliphatic carbocycles. The average Bonchev–Trinajstić information content (AvgIpc) is 3.59. The van der Waals surface area contributed by atoms with E-state index in [1.165, 1.54) is 29.2 Å². The number of fused-ring (bicyclic) bond motifs is 1. The monoisotopic (exact) mass is 500 g/mol. The Balaban J connectivity index is 1.61. The second kappa shape index (κ2) is 9.34. The zero-order valence-corrected chi connectivity index (χ0v) is 20.2. The molecule has 1 amide bonds. The molecular weight excluding hydrogens is 476 g/mol. The minimum absolute atomic E-state index is 0.0920. The van der Waals surface area contributed by atoms with E-state index in [0.717, 1.165) is 5.56 Å². The van der Waals surface area contributed by atoms with Crippen molar-refractivity contribution in [2.45, 2.75) is 32.9 Å². The van der Waals surface area contributed by atoms with E-state index in [9.17, 15) is 24.8 Å². The molecule has 0 radical (unpaired) electrons. The fourth-order valence-electron chi connectivity index (χ4n) is 4.75. The van der Waals surface area contributed by atoms with Crippen molar-refractivity contribution in [1.29, 1.82) is 0 Å². The number of nitrogens with zero attached hydrogens (tertiary/aromatic N) is 6. The summed E-state index contributed by atoms with van der Waals surface area (Å²) in [6.45, 7) is 4.46. The summed E-state index contributed by atoms with van der Waals surface area (Å²) in [4.78, 5) is 47.2. The topological polar surface area (TPSA) is 136 Å². The van der Waals surface area contributed by atoms with Gasteiger partial charge in [0.15, 0.2) is 5.76 Å². The number of imidazole rings is 2. The molecule has 0 bridgehead atoms. The summed E-state index contributed by atoms with van der Waals surface area (Å²) in [5, 5.41) is 22.6. The van der Waals surface area contributed by atoms with Crippen LogP contribution in [0.5, 0.6) is 0 Å². The quantitative estimate of drug-likeness (QED) is 0.135. The van der Waals surface area contributed by atoms with E-state index >= 15 is 0 Å². The first-order valence-corrected chi connectivity index (χ1v) is 11.7. The molecule has 1 unspecified atom stereocenters. The molecule has 1 N–H and O–H groups in total. The molecule has 4 heterocycles. The van der Waals surface area contributed by atoms with Crippen LogP contribution in [-0.2, 0) is 16.1 Å². The normalized spacial score (nSPS) is 17.1. The number of aliphatic hydroxyl groups is 1. The largest absolute Gasteiger partial charge is 0.505 e. The third-order valence-electron chi connectivity index (χ3n) is 6.64. The number of rotatable bonds is 7. The number of benzene rings is 1. The Morgan fingerprint density at radius 3 is 2.51 bits per heavy atom. The van der Waals surface area contributed by atoms with Crippen molar-refractivity contribution in [2.75, 3.05) is 6.54 Å². The molecule has 1 aliphatic rings. The summed E-state index contributed by atoms with van der Waals surface area (Å²) in [5.74, 6) is -1.94. The standard InChI is InChI=1S/C26H24N6O5/c1-16-5-3-12-30-17(2)21(28-25(16)30)23(33)20-22(18-6-8-19(9-7-18)32(36)37)31(26(35)24(20)34)13-4-11-29-14-10-27-15-29/h3,5-10,12,14-15,22,33H,4,11,13H2,1-2H3. The Hall–Kier alpha value is -4.80. The molecule has 4 aromatic rings. The van der Waals surface area contributed by atoms with E-state index in [4.69, 9.17) is 0 Å². The van der Waals surface area contributed by atoms with Gasteiger partial charge in [-0.25, -0.2) is 9.97 Å². The van der Waals surface area contributed by atoms with Crippen LogP contribution < -0.4 is 0 Å². The molecular formula is C26H24N6O5. The van der Waals surface area contributed by atoms with Crippen molar-refractivity contribution in [2.24, 2.45) is 0 Å². The highest BCUT2D eigenvalue weighted by Crippen LogP contribution is 2.40. The van der Waals surface area contributed by atoms with E-state index in [2.05, 4.69) is 9.97 Å². The van der Waals surface area contributed by atoms with Crippen LogP contribution in [0, 0.1) is 24.0 Å². The summed E-state index contributed by atoms with van der Waals surface area (Å²) >= 11 is 0. The predicted molar refractivity (Wildman–Crippen MR) is 134 cm³/mol. The van der Waals surface area contributed by atoms with E-state index in [1.54, 1.807) is 25.6 Å². The number of pyridine rings is 1. The van der Waals surface area contributed by atoms with E-state index in [1.807, 2.05) is 34.2 Å². The third kappa shape index (κ3) is 4.14. The van der Waals surface area contributed by atoms with Crippen molar-refractivity contribution >= 4 is 28.8 Å². The zero-order valence-electron chi connectivity index (χ0n) is 20.2. The maximum Gasteiger partial charge on any atom is 0.295 e. The summed E-state index contributed by atoms with van der Waals surface area (Å²) in [6, 6.07) is 8.48. The van der Waals surface area contributed by atoms with Crippen LogP contribution in [0.15, 0.2) is 66.9 Å². The number of carbonyl (C=O) groups is 2. The van der Waals surface area contributed by atoms with Gasteiger partial charge < -0.3 is 19.0 Å². The van der Waals surface area contributed by atoms with Gasteiger partial charge in [-0.15, -0.1) is 0 Å². The molecule has 3 aromatic heterocycles. The van der Waals surface area contributed by atoms with Gasteiger partial charge >= 0.3 is 0 Å². The molecule has 188 valence electrons. The first-order valence-electron chi connectivity index (χ1n) is 11.7. The number of hydrogen-bond donors (Lipinski definition) is 1. The SMILES string of the molecule is Cc1cccn2c(C)c(C(O)=C3C(=O)C(=O)N(CCCn4ccnc4)C3c3ccc([N+](=O)[O-])cc3)nc12. The number of aromatic nitrogens is 4. The first-order chi connectivity index (χ1) is 17.8. The Morgan fingerprint density at radius 2 is 1.86 bits per heavy atom. The van der Waals surface area contributed by atoms with Crippen LogP contribution >= 0.6 is 0 Å². The van der Waals surface area contributed by atoms with Gasteiger partial charge in [-0.3, -0.25) is 19.7 Å². The number of carbonyl (C=O) groups excluding carboxylic acids is 2. The van der Waals surface area contributed by atoms with E-state index in [0.29, 0.717) is 29.9 Å². The van der Waals surface area contributed by atoms with Crippen LogP contribution in [0.25, 0.3) is 11.4 Å². The van der Waals surface area contributed by atoms with Gasteiger partial charge in [-0.05, 0) is 49.6 Å². The van der Waals surface area contributed by atoms with Crippen LogP contribution in [0.2, 0.25) is 0 Å². The minimum Gasteiger partial charge on any atom is -0.505 e. The Morgan fingerprint density at radius 1 is 1.11 bits per heavy atom. The van der Waals surface area contributed by atoms with E-state index in [-0.39, 0.29) is 29.3 Å². The maximum absolute atomic E-state index is 13.3. The maximum atomic E-state index is 13.3. The molecule has 0 spiro atoms. The second-order valence-electron chi connectivity index (χ2n) is 8.93. The number of likely N-dealkylation sites (tertiary alicyclic amines) is 1. The number of non-ortho nitro benzene ring substituents is 1. The number of Topliss-reactive ketones (excluding diaryl/α,β-unsaturated/α-hetero) is 1. The second-order valence-corrected chi connectivity index (χ2v) is 8.93. The molecule has 1 aromatic carbocycles. The van der Waals surface area contributed by atoms with Gasteiger partial charge in [-0.2, -0.15) is 0 Å². The Kier molecular flexibility index (Phi) is 6.04. The molecule has 1 fully saturated rings. The summed E-state index contributed by atoms with van der Waals surface area (Å²) in [6.07, 6.45) is 7.46. The van der Waals surface area contributed by atoms with Crippen molar-refractivity contribution in [1.82, 2.24) is 23.8 Å². The number of nitro groups is 1. The number of ketones is 1. The Bertz CT molecular complexity index is 1550. The third-order valence-corrected chi connectivity index (χ3v) is 6.64. The van der Waals surface area contributed by atoms with Crippen LogP contribution in [0.1, 0.15) is 35.0 Å². The Labute approximate surface area is 211 Å². The lowest BCUT2D eigenvalue weighted by Gasteiger charge is -2.25. The van der Waals surface area contributed by atoms with Crippen molar-refractivity contribution in [3.63, 3.8) is 0 Å². The van der Waals surface area contributed by atoms with Gasteiger partial charge in [0, 0.05) is 43.8 Å². The lowest BCUT2D eigenvalue weighted by atomic mass is 9.96. The predicted octanol–water partition coefficient (Wildman–Crippen LogP) is 3.57. The van der Waals surface area contributed by atoms with Crippen molar-refractivity contribution in [3.8, 4) is 0 Å². The summed E-state index contributed by atoms with van der Waals surface area (Å²) in [5.41, 5.74) is 2.60. The summed E-state index contributed by atoms with van der Waals surface area (Å²) < 4.78 is 3.67. The molecule has 1 saturated heterocycles. The number of hydrogen-bond acceptors (Lipinski definition) is 7. The van der Waals surface area contributed by atoms with Gasteiger partial charge in [0.2, 0.25) is 0 Å². The molecule has 0 saturated carbocycles. The lowest BCUT2D eigenvalue weighted by molar-refractivity contribution is -0.384. The van der Waals surface area contributed by atoms with E-state index < -0.39 is 22.7 Å². The van der Waals surface area contributed by atoms with Crippen LogP contribution in [-0.4, -0.2) is 52.1 Å². The first kappa shape index (κ1) is 23.9. The smallest absolute Gasteiger partial charge is 0.295 e. The summed E-state index contributed by atoms with van der Waals surface area (Å²) in [7, 11) is 0. The highest BCUT2D eigenvalue weighted by Gasteiger charge is 2.46. The van der Waals surface area contributed by atoms with Gasteiger partial charge in [0.1, 0.15) is 11.3 Å². The fourth-order valence-corrected chi connectivity index (χ4v) is 4.75. The molecule has 11 heteroatoms. The van der Waals surface area contributed by atoms with Crippen LogP contribution in [0.3, 0.4) is 0 Å². The molecule has 1 atom stereocenters. The molecule has 11 nitrogen and oxygen atoms in total. The van der Waals surface area contributed by atoms with Gasteiger partial charge in [-0.1, -0.05) is 6.07 Å². The number of nitro benzene ring substituents is 1. The van der Waals surface area contributed by atoms with Crippen LogP contribution in [0.4, 0.5) is 5.69 Å². The lowest BCUT2D eigenvalue weighted by Crippen LogP contribution is -2.31. The fraction of sp³-hybridized carbons (Fsp3) is 0.231. The van der Waals surface area contributed by atoms with Gasteiger partial charge in [0.25, 0.3) is 17.4 Å². The number of amides is 1. The molecule has 37 heavy (non-hydrogen) atoms. The van der Waals surface area contributed by atoms with Crippen molar-refractivity contribution in [3.05, 3.63) is 99.5 Å². The minimum atomic E-state index is -0.922.